The normalized spacial score (nSPS) is 17.1. The number of amides is 1. The summed E-state index contributed by atoms with van der Waals surface area (Å²) in [5.41, 5.74) is 10.1. The highest BCUT2D eigenvalue weighted by atomic mass is 35.5. The molecule has 5 rings (SSSR count). The lowest BCUT2D eigenvalue weighted by Gasteiger charge is -2.39. The van der Waals surface area contributed by atoms with Crippen LogP contribution < -0.4 is 10.5 Å². The largest absolute Gasteiger partial charge is 0.508 e. The predicted molar refractivity (Wildman–Crippen MR) is 181 cm³/mol. The van der Waals surface area contributed by atoms with Gasteiger partial charge in [-0.1, -0.05) is 35.3 Å². The summed E-state index contributed by atoms with van der Waals surface area (Å²) in [7, 11) is 0. The van der Waals surface area contributed by atoms with Crippen molar-refractivity contribution in [1.82, 2.24) is 14.7 Å². The second kappa shape index (κ2) is 16.3. The van der Waals surface area contributed by atoms with Crippen molar-refractivity contribution in [3.8, 4) is 22.6 Å². The molecule has 11 heteroatoms. The van der Waals surface area contributed by atoms with Gasteiger partial charge in [0.2, 0.25) is 5.91 Å². The lowest BCUT2D eigenvalue weighted by molar-refractivity contribution is -0.136. The van der Waals surface area contributed by atoms with Crippen molar-refractivity contribution in [3.63, 3.8) is 0 Å². The number of piperidine rings is 1. The Bertz CT molecular complexity index is 1430. The number of halogens is 4. The molecule has 2 saturated heterocycles. The second-order valence-corrected chi connectivity index (χ2v) is 12.6. The van der Waals surface area contributed by atoms with Gasteiger partial charge in [-0.3, -0.25) is 9.69 Å². The van der Waals surface area contributed by atoms with E-state index in [1.807, 2.05) is 36.1 Å². The van der Waals surface area contributed by atoms with E-state index < -0.39 is 6.04 Å². The van der Waals surface area contributed by atoms with E-state index >= 15 is 0 Å². The lowest BCUT2D eigenvalue weighted by atomic mass is 9.88. The zero-order valence-electron chi connectivity index (χ0n) is 25.6. The molecule has 2 aliphatic rings. The van der Waals surface area contributed by atoms with Gasteiger partial charge in [-0.2, -0.15) is 0 Å². The summed E-state index contributed by atoms with van der Waals surface area (Å²) in [6.07, 6.45) is 2.53. The van der Waals surface area contributed by atoms with Crippen LogP contribution in [0.25, 0.3) is 11.1 Å². The number of phenolic OH excluding ortho intramolecular Hbond substituents is 1. The van der Waals surface area contributed by atoms with Crippen LogP contribution in [0.4, 0.5) is 4.39 Å². The van der Waals surface area contributed by atoms with E-state index in [1.165, 1.54) is 12.1 Å². The van der Waals surface area contributed by atoms with Crippen molar-refractivity contribution in [2.24, 2.45) is 11.7 Å². The van der Waals surface area contributed by atoms with Gasteiger partial charge in [0, 0.05) is 54.9 Å². The quantitative estimate of drug-likeness (QED) is 0.264. The van der Waals surface area contributed by atoms with Gasteiger partial charge in [0.05, 0.1) is 12.6 Å². The molecule has 0 aliphatic carbocycles. The van der Waals surface area contributed by atoms with Gasteiger partial charge in [0.15, 0.2) is 0 Å². The minimum Gasteiger partial charge on any atom is -0.508 e. The Morgan fingerprint density at radius 3 is 2.42 bits per heavy atom. The topological polar surface area (TPSA) is 82.3 Å². The standard InChI is InChI=1S/C34H41Cl2FN4O3.ClH/c1-2-44-32-5-3-4-31(37)30(32)22-40-14-16-41(17-15-40)34(43)33(38)23-8-11-39(12-9-23)13-10-24-18-26(35)6-7-29(24)25-19-27(36)21-28(42)20-25;/h3-7,18-21,23,33,42H,2,8-17,22,38H2,1H3;1H. The molecule has 0 radical (unpaired) electrons. The molecule has 0 aromatic heterocycles. The number of likely N-dealkylation sites (tertiary alicyclic amines) is 1. The van der Waals surface area contributed by atoms with Crippen molar-refractivity contribution in [2.75, 3.05) is 52.4 Å². The SMILES string of the molecule is CCOc1cccc(F)c1CN1CCN(C(=O)C(N)C2CCN(CCc3cc(Cl)ccc3-c3cc(O)cc(Cl)c3)CC2)CC1.Cl. The molecule has 0 saturated carbocycles. The fourth-order valence-corrected chi connectivity index (χ4v) is 6.76. The molecule has 0 spiro atoms. The summed E-state index contributed by atoms with van der Waals surface area (Å²) >= 11 is 12.5. The highest BCUT2D eigenvalue weighted by molar-refractivity contribution is 6.31. The Balaban J connectivity index is 0.00000461. The third-order valence-electron chi connectivity index (χ3n) is 8.82. The number of benzene rings is 3. The minimum atomic E-state index is -0.519. The van der Waals surface area contributed by atoms with E-state index in [0.29, 0.717) is 60.7 Å². The third kappa shape index (κ3) is 9.03. The monoisotopic (exact) mass is 678 g/mol. The number of ether oxygens (including phenoxy) is 1. The molecule has 0 bridgehead atoms. The van der Waals surface area contributed by atoms with E-state index in [1.54, 1.807) is 18.2 Å². The Kier molecular flexibility index (Phi) is 12.8. The number of hydrogen-bond donors (Lipinski definition) is 2. The first-order chi connectivity index (χ1) is 21.2. The number of carbonyl (C=O) groups is 1. The van der Waals surface area contributed by atoms with E-state index in [4.69, 9.17) is 33.7 Å². The Morgan fingerprint density at radius 2 is 1.73 bits per heavy atom. The molecule has 3 aromatic carbocycles. The first-order valence-electron chi connectivity index (χ1n) is 15.4. The van der Waals surface area contributed by atoms with Crippen molar-refractivity contribution >= 4 is 41.5 Å². The summed E-state index contributed by atoms with van der Waals surface area (Å²) in [5.74, 6) is 0.588. The second-order valence-electron chi connectivity index (χ2n) is 11.7. The van der Waals surface area contributed by atoms with Crippen molar-refractivity contribution < 1.29 is 19.0 Å². The van der Waals surface area contributed by atoms with Crippen LogP contribution in [0.1, 0.15) is 30.9 Å². The molecule has 244 valence electrons. The third-order valence-corrected chi connectivity index (χ3v) is 9.28. The Hall–Kier alpha value is -2.59. The Morgan fingerprint density at radius 1 is 1.00 bits per heavy atom. The molecule has 1 amide bonds. The molecular formula is C34H42Cl3FN4O3. The van der Waals surface area contributed by atoms with E-state index in [2.05, 4.69) is 9.80 Å². The zero-order valence-corrected chi connectivity index (χ0v) is 27.9. The van der Waals surface area contributed by atoms with Crippen molar-refractivity contribution in [2.45, 2.75) is 38.8 Å². The smallest absolute Gasteiger partial charge is 0.239 e. The molecule has 3 N–H and O–H groups in total. The van der Waals surface area contributed by atoms with Gasteiger partial charge >= 0.3 is 0 Å². The predicted octanol–water partition coefficient (Wildman–Crippen LogP) is 6.25. The van der Waals surface area contributed by atoms with Gasteiger partial charge < -0.3 is 25.4 Å². The van der Waals surface area contributed by atoms with Gasteiger partial charge in [0.1, 0.15) is 17.3 Å². The van der Waals surface area contributed by atoms with Crippen LogP contribution in [0.5, 0.6) is 11.5 Å². The average molecular weight is 680 g/mol. The summed E-state index contributed by atoms with van der Waals surface area (Å²) in [5, 5.41) is 11.2. The molecule has 7 nitrogen and oxygen atoms in total. The maximum absolute atomic E-state index is 14.5. The lowest BCUT2D eigenvalue weighted by Crippen LogP contribution is -2.55. The van der Waals surface area contributed by atoms with E-state index in [-0.39, 0.29) is 35.8 Å². The first kappa shape index (κ1) is 35.3. The summed E-state index contributed by atoms with van der Waals surface area (Å²) < 4.78 is 20.2. The number of nitrogens with two attached hydrogens (primary N) is 1. The molecule has 45 heavy (non-hydrogen) atoms. The van der Waals surface area contributed by atoms with Crippen LogP contribution in [0.3, 0.4) is 0 Å². The van der Waals surface area contributed by atoms with E-state index in [0.717, 1.165) is 55.6 Å². The van der Waals surface area contributed by atoms with Crippen LogP contribution in [0.2, 0.25) is 10.0 Å². The molecule has 2 fully saturated rings. The highest BCUT2D eigenvalue weighted by Crippen LogP contribution is 2.32. The number of carbonyl (C=O) groups excluding carboxylic acids is 1. The fourth-order valence-electron chi connectivity index (χ4n) is 6.34. The van der Waals surface area contributed by atoms with Crippen LogP contribution >= 0.6 is 35.6 Å². The summed E-state index contributed by atoms with van der Waals surface area (Å²) in [6, 6.07) is 15.3. The van der Waals surface area contributed by atoms with Crippen LogP contribution in [0.15, 0.2) is 54.6 Å². The minimum absolute atomic E-state index is 0. The number of nitrogens with zero attached hydrogens (tertiary/aromatic N) is 3. The zero-order chi connectivity index (χ0) is 31.2. The highest BCUT2D eigenvalue weighted by Gasteiger charge is 2.33. The van der Waals surface area contributed by atoms with Gasteiger partial charge in [0.25, 0.3) is 0 Å². The van der Waals surface area contributed by atoms with Crippen LogP contribution in [-0.2, 0) is 17.8 Å². The van der Waals surface area contributed by atoms with Crippen LogP contribution in [0, 0.1) is 11.7 Å². The molecule has 2 aliphatic heterocycles. The molecule has 1 unspecified atom stereocenters. The van der Waals surface area contributed by atoms with Crippen molar-refractivity contribution in [3.05, 3.63) is 81.6 Å². The molecular weight excluding hydrogens is 638 g/mol. The molecule has 1 atom stereocenters. The molecule has 3 aromatic rings. The average Bonchev–Trinajstić information content (AvgIpc) is 3.01. The first-order valence-corrected chi connectivity index (χ1v) is 16.1. The molecule has 2 heterocycles. The summed E-state index contributed by atoms with van der Waals surface area (Å²) in [4.78, 5) is 19.8. The van der Waals surface area contributed by atoms with E-state index in [9.17, 15) is 14.3 Å². The number of rotatable bonds is 10. The summed E-state index contributed by atoms with van der Waals surface area (Å²) in [6.45, 7) is 7.90. The van der Waals surface area contributed by atoms with Gasteiger partial charge in [-0.25, -0.2) is 4.39 Å². The Labute approximate surface area is 281 Å². The number of piperazine rings is 1. The fraction of sp³-hybridized carbons (Fsp3) is 0.441. The maximum Gasteiger partial charge on any atom is 0.239 e. The number of aromatic hydroxyl groups is 1. The van der Waals surface area contributed by atoms with Crippen molar-refractivity contribution in [1.29, 1.82) is 0 Å². The van der Waals surface area contributed by atoms with Crippen LogP contribution in [-0.4, -0.2) is 84.2 Å². The number of phenols is 1. The maximum atomic E-state index is 14.5. The van der Waals surface area contributed by atoms with Gasteiger partial charge in [-0.05, 0) is 104 Å². The number of hydrogen-bond acceptors (Lipinski definition) is 6. The van der Waals surface area contributed by atoms with Gasteiger partial charge in [-0.15, -0.1) is 12.4 Å².